The Kier molecular flexibility index (Phi) is 13.0. The molecule has 2 N–H and O–H groups in total. The second-order valence-electron chi connectivity index (χ2n) is 12.7. The van der Waals surface area contributed by atoms with Crippen molar-refractivity contribution in [1.82, 2.24) is 19.1 Å². The number of rotatable bonds is 10. The van der Waals surface area contributed by atoms with Crippen molar-refractivity contribution in [1.29, 1.82) is 0 Å². The Balaban J connectivity index is 0.000000214. The van der Waals surface area contributed by atoms with E-state index in [2.05, 4.69) is 30.0 Å². The van der Waals surface area contributed by atoms with Crippen LogP contribution in [0, 0.1) is 11.8 Å². The lowest BCUT2D eigenvalue weighted by Crippen LogP contribution is -2.43. The second-order valence-corrected chi connectivity index (χ2v) is 13.5. The lowest BCUT2D eigenvalue weighted by molar-refractivity contribution is -0.105. The van der Waals surface area contributed by atoms with Gasteiger partial charge in [-0.25, -0.2) is 19.2 Å². The summed E-state index contributed by atoms with van der Waals surface area (Å²) in [6.45, 7) is 5.16. The number of aromatic nitrogens is 4. The number of hydrogen-bond acceptors (Lipinski definition) is 12. The smallest absolute Gasteiger partial charge is 0.338 e. The van der Waals surface area contributed by atoms with E-state index < -0.39 is 82.4 Å². The Labute approximate surface area is 329 Å². The van der Waals surface area contributed by atoms with Gasteiger partial charge in [0.1, 0.15) is 24.7 Å². The number of halogens is 1. The number of carbonyl (C=O) groups is 2. The molecule has 0 aliphatic carbocycles. The summed E-state index contributed by atoms with van der Waals surface area (Å²) in [7, 11) is 0. The maximum Gasteiger partial charge on any atom is 0.338 e. The summed E-state index contributed by atoms with van der Waals surface area (Å²) in [5, 5.41) is 7.53. The molecule has 2 aromatic heterocycles. The number of alkyl halides is 1. The van der Waals surface area contributed by atoms with Crippen LogP contribution in [0.3, 0.4) is 0 Å². The predicted octanol–water partition coefficient (Wildman–Crippen LogP) is 4.71. The van der Waals surface area contributed by atoms with Crippen LogP contribution in [-0.4, -0.2) is 59.1 Å². The Bertz CT molecular complexity index is 2230. The first-order valence-corrected chi connectivity index (χ1v) is 18.5. The maximum atomic E-state index is 12.6. The van der Waals surface area contributed by atoms with E-state index in [1.165, 1.54) is 33.7 Å². The van der Waals surface area contributed by atoms with Crippen LogP contribution in [0.2, 0.25) is 0 Å². The van der Waals surface area contributed by atoms with Gasteiger partial charge in [0.05, 0.1) is 11.1 Å². The summed E-state index contributed by atoms with van der Waals surface area (Å²) >= 11 is 1.97. The Morgan fingerprint density at radius 1 is 0.732 bits per heavy atom. The van der Waals surface area contributed by atoms with Crippen molar-refractivity contribution in [2.45, 2.75) is 63.3 Å². The summed E-state index contributed by atoms with van der Waals surface area (Å²) in [5.74, 6) is -2.28. The minimum absolute atomic E-state index is 0.181. The average molecular weight is 883 g/mol. The van der Waals surface area contributed by atoms with E-state index in [9.17, 15) is 28.8 Å². The maximum absolute atomic E-state index is 12.6. The number of nitrogens with zero attached hydrogens (tertiary/aromatic N) is 8. The van der Waals surface area contributed by atoms with E-state index in [-0.39, 0.29) is 10.8 Å². The first-order valence-electron chi connectivity index (χ1n) is 17.0. The zero-order chi connectivity index (χ0) is 40.6. The zero-order valence-electron chi connectivity index (χ0n) is 30.0. The average Bonchev–Trinajstić information content (AvgIpc) is 3.62. The Hall–Kier alpha value is -5.99. The number of carbonyl (C=O) groups excluding carboxylic acids is 2. The van der Waals surface area contributed by atoms with Crippen molar-refractivity contribution in [2.24, 2.45) is 22.1 Å². The number of aromatic amines is 2. The third kappa shape index (κ3) is 8.46. The normalized spacial score (nSPS) is 26.4. The Morgan fingerprint density at radius 2 is 1.12 bits per heavy atom. The molecule has 2 fully saturated rings. The van der Waals surface area contributed by atoms with E-state index >= 15 is 0 Å². The monoisotopic (exact) mass is 882 g/mol. The molecule has 4 heterocycles. The van der Waals surface area contributed by atoms with Crippen molar-refractivity contribution in [2.75, 3.05) is 4.43 Å². The molecule has 0 amide bonds. The molecule has 2 aromatic carbocycles. The highest BCUT2D eigenvalue weighted by Gasteiger charge is 2.57. The minimum Gasteiger partial charge on any atom is -0.455 e. The molecule has 292 valence electrons. The van der Waals surface area contributed by atoms with Gasteiger partial charge < -0.3 is 18.9 Å². The van der Waals surface area contributed by atoms with Gasteiger partial charge in [0.25, 0.3) is 11.1 Å². The first kappa shape index (κ1) is 41.2. The van der Waals surface area contributed by atoms with Crippen molar-refractivity contribution in [3.63, 3.8) is 0 Å². The van der Waals surface area contributed by atoms with Gasteiger partial charge in [0.2, 0.25) is 0 Å². The largest absolute Gasteiger partial charge is 0.455 e. The summed E-state index contributed by atoms with van der Waals surface area (Å²) in [6, 6.07) is 19.1. The number of esters is 2. The number of H-pyrrole nitrogens is 2. The van der Waals surface area contributed by atoms with Crippen molar-refractivity contribution in [3.8, 4) is 0 Å². The van der Waals surface area contributed by atoms with Crippen LogP contribution in [-0.2, 0) is 18.9 Å². The molecule has 20 nitrogen and oxygen atoms in total. The zero-order valence-corrected chi connectivity index (χ0v) is 32.2. The van der Waals surface area contributed by atoms with Gasteiger partial charge in [0.15, 0.2) is 11.4 Å². The fourth-order valence-electron chi connectivity index (χ4n) is 6.48. The first-order chi connectivity index (χ1) is 26.8. The number of azide groups is 2. The van der Waals surface area contributed by atoms with Crippen molar-refractivity contribution >= 4 is 34.5 Å². The summed E-state index contributed by atoms with van der Waals surface area (Å²) < 4.78 is 25.8. The number of benzene rings is 2. The molecule has 6 rings (SSSR count). The van der Waals surface area contributed by atoms with Gasteiger partial charge >= 0.3 is 23.3 Å². The van der Waals surface area contributed by atoms with E-state index in [0.29, 0.717) is 11.1 Å². The second kappa shape index (κ2) is 17.6. The minimum atomic E-state index is -1.50. The van der Waals surface area contributed by atoms with Gasteiger partial charge in [-0.1, -0.05) is 90.0 Å². The quantitative estimate of drug-likeness (QED) is 0.0552. The summed E-state index contributed by atoms with van der Waals surface area (Å²) in [6.07, 6.45) is -0.899. The predicted molar refractivity (Wildman–Crippen MR) is 205 cm³/mol. The molecule has 56 heavy (non-hydrogen) atoms. The third-order valence-electron chi connectivity index (χ3n) is 9.26. The molecule has 0 radical (unpaired) electrons. The molecule has 0 bridgehead atoms. The molecule has 0 saturated carbocycles. The van der Waals surface area contributed by atoms with E-state index in [4.69, 9.17) is 30.0 Å². The van der Waals surface area contributed by atoms with Crippen LogP contribution in [0.1, 0.15) is 60.4 Å². The lowest BCUT2D eigenvalue weighted by Gasteiger charge is -2.29. The molecule has 2 aliphatic heterocycles. The molecular formula is C35H35IN10O10. The number of nitrogens with one attached hydrogen (secondary N) is 2. The van der Waals surface area contributed by atoms with E-state index in [1.54, 1.807) is 81.4 Å². The highest BCUT2D eigenvalue weighted by Crippen LogP contribution is 2.46. The third-order valence-corrected chi connectivity index (χ3v) is 10.4. The van der Waals surface area contributed by atoms with Crippen LogP contribution >= 0.6 is 22.6 Å². The van der Waals surface area contributed by atoms with Crippen molar-refractivity contribution < 1.29 is 28.5 Å². The standard InChI is InChI=1S/C18H19N5O5.C17H16IN5O5/c1-3-18(21-22-19)14(27-16(25)12-7-5-4-6-8-12)11(2)15(28-18)23-10-9-13(24)20-17(23)26;1-10-13(27-15(25)11-5-3-2-4-6-11)17(9-18,21-22-19)28-14(10)23-8-7-12(24)20-16(23)26/h4-11,14-15H,3H2,1-2H3,(H,20,24,26);2-8,10,13-14H,9H2,1H3,(H,20,24,26). The highest BCUT2D eigenvalue weighted by molar-refractivity contribution is 14.1. The number of ether oxygens (including phenoxy) is 4. The van der Waals surface area contributed by atoms with Gasteiger partial charge in [-0.15, -0.1) is 0 Å². The Morgan fingerprint density at radius 3 is 1.50 bits per heavy atom. The van der Waals surface area contributed by atoms with Gasteiger partial charge in [-0.05, 0) is 41.7 Å². The molecule has 4 aromatic rings. The number of hydrogen-bond donors (Lipinski definition) is 2. The van der Waals surface area contributed by atoms with Crippen LogP contribution in [0.15, 0.2) is 115 Å². The van der Waals surface area contributed by atoms with Gasteiger partial charge in [-0.3, -0.25) is 28.7 Å². The molecule has 2 aliphatic rings. The highest BCUT2D eigenvalue weighted by atomic mass is 127. The molecular weight excluding hydrogens is 847 g/mol. The van der Waals surface area contributed by atoms with Gasteiger partial charge in [0, 0.05) is 50.6 Å². The summed E-state index contributed by atoms with van der Waals surface area (Å²) in [4.78, 5) is 82.3. The molecule has 21 heteroatoms. The van der Waals surface area contributed by atoms with E-state index in [1.807, 2.05) is 22.6 Å². The van der Waals surface area contributed by atoms with Crippen LogP contribution in [0.5, 0.6) is 0 Å². The van der Waals surface area contributed by atoms with Gasteiger partial charge in [-0.2, -0.15) is 0 Å². The van der Waals surface area contributed by atoms with E-state index in [0.717, 1.165) is 0 Å². The van der Waals surface area contributed by atoms with Crippen LogP contribution in [0.25, 0.3) is 20.9 Å². The molecule has 2 saturated heterocycles. The lowest BCUT2D eigenvalue weighted by atomic mass is 9.95. The van der Waals surface area contributed by atoms with Crippen LogP contribution in [0.4, 0.5) is 0 Å². The molecule has 0 spiro atoms. The molecule has 8 atom stereocenters. The summed E-state index contributed by atoms with van der Waals surface area (Å²) in [5.41, 5.74) is 13.3. The fourth-order valence-corrected chi connectivity index (χ4v) is 7.25. The topological polar surface area (TPSA) is 278 Å². The SMILES string of the molecule is CC1C(n2ccc(=O)[nH]c2=O)OC(CI)(N=[N+]=[N-])C1OC(=O)c1ccccc1.CCC1(N=[N+]=[N-])OC(n2ccc(=O)[nH]c2=O)C(C)C1OC(=O)c1ccccc1. The molecule has 8 unspecified atom stereocenters. The van der Waals surface area contributed by atoms with Crippen molar-refractivity contribution in [3.05, 3.63) is 159 Å². The fraction of sp³-hybridized carbons (Fsp3) is 0.371. The van der Waals surface area contributed by atoms with Crippen LogP contribution < -0.4 is 22.5 Å².